The normalized spacial score (nSPS) is 14.4. The molecule has 3 rings (SSSR count). The number of nitrogens with zero attached hydrogens (tertiary/aromatic N) is 2. The predicted molar refractivity (Wildman–Crippen MR) is 135 cm³/mol. The Kier molecular flexibility index (Phi) is 8.19. The van der Waals surface area contributed by atoms with E-state index in [4.69, 9.17) is 15.2 Å². The summed E-state index contributed by atoms with van der Waals surface area (Å²) in [5.74, 6) is 0.217. The zero-order chi connectivity index (χ0) is 24.9. The minimum Gasteiger partial charge on any atom is -0.487 e. The number of aliphatic imine (C=N–C) groups is 1. The minimum absolute atomic E-state index is 0.0513. The maximum Gasteiger partial charge on any atom is 0.279 e. The largest absolute Gasteiger partial charge is 0.487 e. The van der Waals surface area contributed by atoms with Gasteiger partial charge in [0.25, 0.3) is 5.91 Å². The molecular weight excluding hydrogens is 455 g/mol. The third-order valence-corrected chi connectivity index (χ3v) is 6.69. The van der Waals surface area contributed by atoms with E-state index >= 15 is 0 Å². The second kappa shape index (κ2) is 10.9. The molecule has 1 aliphatic carbocycles. The number of thioether (sulfide) groups is 1. The summed E-state index contributed by atoms with van der Waals surface area (Å²) in [5.41, 5.74) is 8.74. The first-order chi connectivity index (χ1) is 16.1. The fraction of sp³-hybridized carbons (Fsp3) is 0.400. The van der Waals surface area contributed by atoms with Crippen molar-refractivity contribution in [1.29, 1.82) is 0 Å². The maximum atomic E-state index is 14.6. The quantitative estimate of drug-likeness (QED) is 0.263. The van der Waals surface area contributed by atoms with E-state index in [0.717, 1.165) is 19.3 Å². The van der Waals surface area contributed by atoms with E-state index in [0.29, 0.717) is 33.0 Å². The van der Waals surface area contributed by atoms with Crippen LogP contribution in [-0.4, -0.2) is 35.9 Å². The van der Waals surface area contributed by atoms with Gasteiger partial charge in [0.05, 0.1) is 6.21 Å². The SMILES string of the molecule is CCC(C)(C)Oc1cc(C(=O)N=C(N)/C=N\NC)cc(Oc2ccc(SC3CC3)c(F)c2)c1C. The average molecular weight is 487 g/mol. The molecule has 0 bridgehead atoms. The monoisotopic (exact) mass is 486 g/mol. The Hall–Kier alpha value is -3.07. The van der Waals surface area contributed by atoms with Crippen LogP contribution in [0.25, 0.3) is 0 Å². The molecule has 0 aliphatic heterocycles. The van der Waals surface area contributed by atoms with Crippen LogP contribution in [0.15, 0.2) is 45.3 Å². The van der Waals surface area contributed by atoms with Gasteiger partial charge in [0, 0.05) is 34.4 Å². The number of hydrogen-bond acceptors (Lipinski definition) is 6. The molecule has 0 saturated heterocycles. The van der Waals surface area contributed by atoms with E-state index in [1.165, 1.54) is 12.3 Å². The number of ether oxygens (including phenoxy) is 2. The first-order valence-corrected chi connectivity index (χ1v) is 12.1. The Labute approximate surface area is 204 Å². The number of carbonyl (C=O) groups is 1. The summed E-state index contributed by atoms with van der Waals surface area (Å²) in [6.45, 7) is 7.75. The van der Waals surface area contributed by atoms with Crippen molar-refractivity contribution in [2.45, 2.75) is 62.7 Å². The molecule has 0 spiro atoms. The summed E-state index contributed by atoms with van der Waals surface area (Å²) in [7, 11) is 1.61. The van der Waals surface area contributed by atoms with E-state index in [-0.39, 0.29) is 17.2 Å². The lowest BCUT2D eigenvalue weighted by Gasteiger charge is -2.27. The number of halogens is 1. The molecule has 34 heavy (non-hydrogen) atoms. The van der Waals surface area contributed by atoms with Crippen LogP contribution in [-0.2, 0) is 0 Å². The van der Waals surface area contributed by atoms with Crippen LogP contribution in [0.4, 0.5) is 4.39 Å². The van der Waals surface area contributed by atoms with Crippen LogP contribution in [0.5, 0.6) is 17.2 Å². The van der Waals surface area contributed by atoms with Crippen molar-refractivity contribution >= 4 is 29.7 Å². The number of carbonyl (C=O) groups excluding carboxylic acids is 1. The van der Waals surface area contributed by atoms with Crippen molar-refractivity contribution < 1.29 is 18.7 Å². The van der Waals surface area contributed by atoms with Gasteiger partial charge in [0.1, 0.15) is 34.5 Å². The highest BCUT2D eigenvalue weighted by molar-refractivity contribution is 8.00. The zero-order valence-corrected chi connectivity index (χ0v) is 21.0. The number of rotatable bonds is 10. The first-order valence-electron chi connectivity index (χ1n) is 11.2. The zero-order valence-electron chi connectivity index (χ0n) is 20.1. The molecule has 1 saturated carbocycles. The molecule has 3 N–H and O–H groups in total. The van der Waals surface area contributed by atoms with Crippen LogP contribution in [0.2, 0.25) is 0 Å². The Morgan fingerprint density at radius 1 is 1.29 bits per heavy atom. The van der Waals surface area contributed by atoms with Crippen molar-refractivity contribution in [3.8, 4) is 17.2 Å². The van der Waals surface area contributed by atoms with Crippen LogP contribution in [0.3, 0.4) is 0 Å². The summed E-state index contributed by atoms with van der Waals surface area (Å²) in [4.78, 5) is 17.3. The van der Waals surface area contributed by atoms with Crippen LogP contribution in [0.1, 0.15) is 56.0 Å². The van der Waals surface area contributed by atoms with E-state index < -0.39 is 11.5 Å². The highest BCUT2D eigenvalue weighted by Crippen LogP contribution is 2.41. The first kappa shape index (κ1) is 25.6. The smallest absolute Gasteiger partial charge is 0.279 e. The van der Waals surface area contributed by atoms with Gasteiger partial charge in [-0.2, -0.15) is 10.1 Å². The summed E-state index contributed by atoms with van der Waals surface area (Å²) in [6.07, 6.45) is 4.23. The third kappa shape index (κ3) is 6.96. The van der Waals surface area contributed by atoms with Crippen molar-refractivity contribution in [3.63, 3.8) is 0 Å². The van der Waals surface area contributed by atoms with Crippen LogP contribution in [0, 0.1) is 12.7 Å². The van der Waals surface area contributed by atoms with Crippen molar-refractivity contribution in [3.05, 3.63) is 47.3 Å². The Morgan fingerprint density at radius 3 is 2.62 bits per heavy atom. The van der Waals surface area contributed by atoms with E-state index in [9.17, 15) is 9.18 Å². The van der Waals surface area contributed by atoms with Crippen molar-refractivity contribution in [2.24, 2.45) is 15.8 Å². The highest BCUT2D eigenvalue weighted by Gasteiger charge is 2.25. The number of nitrogens with two attached hydrogens (primary N) is 1. The lowest BCUT2D eigenvalue weighted by atomic mass is 10.0. The molecule has 1 amide bonds. The highest BCUT2D eigenvalue weighted by atomic mass is 32.2. The Morgan fingerprint density at radius 2 is 2.00 bits per heavy atom. The number of nitrogens with one attached hydrogen (secondary N) is 1. The molecule has 0 aromatic heterocycles. The molecular formula is C25H31FN4O3S. The van der Waals surface area contributed by atoms with Gasteiger partial charge >= 0.3 is 0 Å². The van der Waals surface area contributed by atoms with Gasteiger partial charge in [0.15, 0.2) is 0 Å². The predicted octanol–water partition coefficient (Wildman–Crippen LogP) is 5.45. The second-order valence-corrected chi connectivity index (χ2v) is 9.99. The summed E-state index contributed by atoms with van der Waals surface area (Å²) in [6, 6.07) is 7.98. The van der Waals surface area contributed by atoms with Crippen LogP contribution < -0.4 is 20.6 Å². The molecule has 0 heterocycles. The summed E-state index contributed by atoms with van der Waals surface area (Å²) >= 11 is 1.55. The van der Waals surface area contributed by atoms with Crippen molar-refractivity contribution in [2.75, 3.05) is 7.05 Å². The number of hydrogen-bond donors (Lipinski definition) is 2. The average Bonchev–Trinajstić information content (AvgIpc) is 3.60. The van der Waals surface area contributed by atoms with E-state index in [2.05, 4.69) is 15.5 Å². The lowest BCUT2D eigenvalue weighted by molar-refractivity contribution is 0.0983. The molecule has 1 aliphatic rings. The van der Waals surface area contributed by atoms with E-state index in [1.54, 1.807) is 43.1 Å². The molecule has 9 heteroatoms. The Bertz CT molecular complexity index is 1110. The number of hydrazone groups is 1. The molecule has 0 unspecified atom stereocenters. The van der Waals surface area contributed by atoms with E-state index in [1.807, 2.05) is 27.7 Å². The van der Waals surface area contributed by atoms with Gasteiger partial charge in [0.2, 0.25) is 0 Å². The molecule has 2 aromatic rings. The van der Waals surface area contributed by atoms with Gasteiger partial charge < -0.3 is 20.6 Å². The van der Waals surface area contributed by atoms with Gasteiger partial charge in [-0.05, 0) is 64.3 Å². The third-order valence-electron chi connectivity index (χ3n) is 5.30. The Balaban J connectivity index is 1.96. The molecule has 0 atom stereocenters. The van der Waals surface area contributed by atoms with Crippen LogP contribution >= 0.6 is 11.8 Å². The van der Waals surface area contributed by atoms with Crippen molar-refractivity contribution in [1.82, 2.24) is 5.43 Å². The standard InChI is InChI=1S/C25H31FN4O3S/c1-6-25(3,4)33-21-12-16(24(31)30-23(27)14-29-28-5)11-20(15(21)2)32-17-7-10-22(19(26)13-17)34-18-8-9-18/h7,10-14,18,28H,6,8-9H2,1-5H3,(H2,27,30,31)/b29-14-. The van der Waals surface area contributed by atoms with Gasteiger partial charge in [-0.1, -0.05) is 6.92 Å². The van der Waals surface area contributed by atoms with Gasteiger partial charge in [-0.3, -0.25) is 4.79 Å². The molecule has 2 aromatic carbocycles. The summed E-state index contributed by atoms with van der Waals surface area (Å²) in [5, 5.41) is 4.25. The van der Waals surface area contributed by atoms with Gasteiger partial charge in [-0.15, -0.1) is 11.8 Å². The number of benzene rings is 2. The second-order valence-electron chi connectivity index (χ2n) is 8.65. The minimum atomic E-state index is -0.577. The molecule has 0 radical (unpaired) electrons. The molecule has 1 fully saturated rings. The summed E-state index contributed by atoms with van der Waals surface area (Å²) < 4.78 is 26.8. The molecule has 182 valence electrons. The van der Waals surface area contributed by atoms with Gasteiger partial charge in [-0.25, -0.2) is 4.39 Å². The fourth-order valence-corrected chi connectivity index (χ4v) is 3.89. The fourth-order valence-electron chi connectivity index (χ4n) is 2.84. The molecule has 7 nitrogen and oxygen atoms in total. The topological polar surface area (TPSA) is 98.3 Å². The number of amidine groups is 1. The maximum absolute atomic E-state index is 14.6. The number of amides is 1. The lowest BCUT2D eigenvalue weighted by Crippen LogP contribution is -2.27.